The van der Waals surface area contributed by atoms with Crippen LogP contribution >= 0.6 is 11.6 Å². The Hall–Kier alpha value is -1.28. The normalized spacial score (nSPS) is 15.1. The van der Waals surface area contributed by atoms with Gasteiger partial charge in [-0.3, -0.25) is 4.98 Å². The minimum atomic E-state index is 0.643. The van der Waals surface area contributed by atoms with Crippen molar-refractivity contribution in [3.05, 3.63) is 34.5 Å². The summed E-state index contributed by atoms with van der Waals surface area (Å²) in [7, 11) is 0. The molecule has 3 heteroatoms. The van der Waals surface area contributed by atoms with E-state index in [1.165, 1.54) is 24.1 Å². The minimum absolute atomic E-state index is 0.643. The van der Waals surface area contributed by atoms with Gasteiger partial charge < -0.3 is 5.32 Å². The molecule has 1 N–H and O–H groups in total. The maximum absolute atomic E-state index is 6.34. The first-order valence-corrected chi connectivity index (χ1v) is 6.91. The first-order chi connectivity index (χ1) is 8.69. The van der Waals surface area contributed by atoms with Crippen molar-refractivity contribution >= 4 is 28.2 Å². The predicted octanol–water partition coefficient (Wildman–Crippen LogP) is 4.51. The molecule has 94 valence electrons. The Morgan fingerprint density at radius 3 is 2.78 bits per heavy atom. The van der Waals surface area contributed by atoms with E-state index in [-0.39, 0.29) is 0 Å². The highest BCUT2D eigenvalue weighted by molar-refractivity contribution is 6.35. The van der Waals surface area contributed by atoms with Crippen LogP contribution in [0.3, 0.4) is 0 Å². The molecule has 18 heavy (non-hydrogen) atoms. The summed E-state index contributed by atoms with van der Waals surface area (Å²) in [4.78, 5) is 4.75. The summed E-state index contributed by atoms with van der Waals surface area (Å²) in [5.74, 6) is 0.643. The fourth-order valence-electron chi connectivity index (χ4n) is 2.37. The van der Waals surface area contributed by atoms with E-state index in [4.69, 9.17) is 16.6 Å². The van der Waals surface area contributed by atoms with Gasteiger partial charge in [-0.1, -0.05) is 11.6 Å². The lowest BCUT2D eigenvalue weighted by atomic mass is 10.1. The van der Waals surface area contributed by atoms with Crippen molar-refractivity contribution in [3.63, 3.8) is 0 Å². The standard InChI is InChI=1S/C15H17ClN2/c1-3-17-14-8-13(10-4-5-10)18-15-11(14)6-9(2)7-12(15)16/h6-8,10H,3-5H2,1-2H3,(H,17,18). The molecule has 2 nitrogen and oxygen atoms in total. The number of aryl methyl sites for hydroxylation is 1. The molecule has 1 aromatic carbocycles. The first-order valence-electron chi connectivity index (χ1n) is 6.53. The molecule has 1 saturated carbocycles. The lowest BCUT2D eigenvalue weighted by Crippen LogP contribution is -2.00. The molecular weight excluding hydrogens is 244 g/mol. The molecule has 0 atom stereocenters. The molecular formula is C15H17ClN2. The van der Waals surface area contributed by atoms with Gasteiger partial charge in [0.2, 0.25) is 0 Å². The van der Waals surface area contributed by atoms with Crippen LogP contribution in [0.1, 0.15) is 36.9 Å². The topological polar surface area (TPSA) is 24.9 Å². The molecule has 0 spiro atoms. The quantitative estimate of drug-likeness (QED) is 0.879. The smallest absolute Gasteiger partial charge is 0.0912 e. The Bertz CT molecular complexity index is 603. The van der Waals surface area contributed by atoms with Crippen LogP contribution in [0, 0.1) is 6.92 Å². The fraction of sp³-hybridized carbons (Fsp3) is 0.400. The zero-order valence-electron chi connectivity index (χ0n) is 10.8. The molecule has 0 aliphatic heterocycles. The minimum Gasteiger partial charge on any atom is -0.385 e. The second-order valence-corrected chi connectivity index (χ2v) is 5.45. The third-order valence-corrected chi connectivity index (χ3v) is 3.68. The van der Waals surface area contributed by atoms with E-state index in [1.807, 2.05) is 6.07 Å². The average Bonchev–Trinajstić information content (AvgIpc) is 3.14. The van der Waals surface area contributed by atoms with Gasteiger partial charge in [0.1, 0.15) is 0 Å². The van der Waals surface area contributed by atoms with Crippen LogP contribution in [0.15, 0.2) is 18.2 Å². The van der Waals surface area contributed by atoms with Gasteiger partial charge in [-0.25, -0.2) is 0 Å². The van der Waals surface area contributed by atoms with Crippen molar-refractivity contribution in [2.24, 2.45) is 0 Å². The van der Waals surface area contributed by atoms with E-state index in [2.05, 4.69) is 31.3 Å². The Kier molecular flexibility index (Phi) is 2.90. The summed E-state index contributed by atoms with van der Waals surface area (Å²) in [5, 5.41) is 5.32. The van der Waals surface area contributed by atoms with Gasteiger partial charge in [0.15, 0.2) is 0 Å². The number of nitrogens with one attached hydrogen (secondary N) is 1. The highest BCUT2D eigenvalue weighted by Crippen LogP contribution is 2.42. The number of nitrogens with zero attached hydrogens (tertiary/aromatic N) is 1. The van der Waals surface area contributed by atoms with E-state index < -0.39 is 0 Å². The van der Waals surface area contributed by atoms with Crippen molar-refractivity contribution in [2.45, 2.75) is 32.6 Å². The van der Waals surface area contributed by atoms with E-state index >= 15 is 0 Å². The largest absolute Gasteiger partial charge is 0.385 e. The number of fused-ring (bicyclic) bond motifs is 1. The lowest BCUT2D eigenvalue weighted by molar-refractivity contribution is 1.04. The highest BCUT2D eigenvalue weighted by Gasteiger charge is 2.26. The highest BCUT2D eigenvalue weighted by atomic mass is 35.5. The van der Waals surface area contributed by atoms with Crippen molar-refractivity contribution in [3.8, 4) is 0 Å². The van der Waals surface area contributed by atoms with E-state index in [9.17, 15) is 0 Å². The van der Waals surface area contributed by atoms with Gasteiger partial charge >= 0.3 is 0 Å². The number of rotatable bonds is 3. The van der Waals surface area contributed by atoms with Gasteiger partial charge in [-0.2, -0.15) is 0 Å². The van der Waals surface area contributed by atoms with Gasteiger partial charge in [0.05, 0.1) is 10.5 Å². The summed E-state index contributed by atoms with van der Waals surface area (Å²) in [6, 6.07) is 6.34. The Balaban J connectivity index is 2.26. The van der Waals surface area contributed by atoms with Crippen molar-refractivity contribution in [1.82, 2.24) is 4.98 Å². The summed E-state index contributed by atoms with van der Waals surface area (Å²) in [6.45, 7) is 5.09. The molecule has 0 radical (unpaired) electrons. The summed E-state index contributed by atoms with van der Waals surface area (Å²) >= 11 is 6.34. The van der Waals surface area contributed by atoms with E-state index in [1.54, 1.807) is 0 Å². The van der Waals surface area contributed by atoms with E-state index in [0.29, 0.717) is 5.92 Å². The maximum Gasteiger partial charge on any atom is 0.0912 e. The SMILES string of the molecule is CCNc1cc(C2CC2)nc2c(Cl)cc(C)cc12. The number of hydrogen-bond acceptors (Lipinski definition) is 2. The Labute approximate surface area is 112 Å². The van der Waals surface area contributed by atoms with Crippen LogP contribution in [0.2, 0.25) is 5.02 Å². The lowest BCUT2D eigenvalue weighted by Gasteiger charge is -2.12. The molecule has 2 aromatic rings. The summed E-state index contributed by atoms with van der Waals surface area (Å²) < 4.78 is 0. The molecule has 1 aliphatic rings. The third-order valence-electron chi connectivity index (χ3n) is 3.39. The zero-order chi connectivity index (χ0) is 12.7. The Morgan fingerprint density at radius 2 is 2.11 bits per heavy atom. The van der Waals surface area contributed by atoms with Crippen LogP contribution in [0.4, 0.5) is 5.69 Å². The zero-order valence-corrected chi connectivity index (χ0v) is 11.5. The second kappa shape index (κ2) is 4.43. The van der Waals surface area contributed by atoms with Crippen LogP contribution in [0.5, 0.6) is 0 Å². The van der Waals surface area contributed by atoms with Crippen molar-refractivity contribution in [2.75, 3.05) is 11.9 Å². The monoisotopic (exact) mass is 260 g/mol. The Morgan fingerprint density at radius 1 is 1.33 bits per heavy atom. The van der Waals surface area contributed by atoms with Crippen LogP contribution < -0.4 is 5.32 Å². The molecule has 0 bridgehead atoms. The van der Waals surface area contributed by atoms with Crippen LogP contribution in [0.25, 0.3) is 10.9 Å². The van der Waals surface area contributed by atoms with Crippen molar-refractivity contribution in [1.29, 1.82) is 0 Å². The fourth-order valence-corrected chi connectivity index (χ4v) is 2.68. The maximum atomic E-state index is 6.34. The molecule has 0 amide bonds. The van der Waals surface area contributed by atoms with Gasteiger partial charge in [0.25, 0.3) is 0 Å². The summed E-state index contributed by atoms with van der Waals surface area (Å²) in [5.41, 5.74) is 4.45. The molecule has 1 aromatic heterocycles. The average molecular weight is 261 g/mol. The number of halogens is 1. The number of pyridine rings is 1. The molecule has 0 saturated heterocycles. The molecule has 3 rings (SSSR count). The third kappa shape index (κ3) is 2.05. The van der Waals surface area contributed by atoms with E-state index in [0.717, 1.165) is 28.2 Å². The number of benzene rings is 1. The molecule has 1 fully saturated rings. The first kappa shape index (κ1) is 11.8. The second-order valence-electron chi connectivity index (χ2n) is 5.04. The summed E-state index contributed by atoms with van der Waals surface area (Å²) in [6.07, 6.45) is 2.51. The van der Waals surface area contributed by atoms with Crippen LogP contribution in [-0.2, 0) is 0 Å². The predicted molar refractivity (Wildman–Crippen MR) is 77.6 cm³/mol. The van der Waals surface area contributed by atoms with Gasteiger partial charge in [-0.15, -0.1) is 0 Å². The molecule has 0 unspecified atom stereocenters. The van der Waals surface area contributed by atoms with Crippen LogP contribution in [-0.4, -0.2) is 11.5 Å². The molecule has 1 heterocycles. The van der Waals surface area contributed by atoms with Crippen molar-refractivity contribution < 1.29 is 0 Å². The number of anilines is 1. The number of aromatic nitrogens is 1. The number of hydrogen-bond donors (Lipinski definition) is 1. The van der Waals surface area contributed by atoms with Gasteiger partial charge in [0, 0.05) is 29.2 Å². The molecule has 1 aliphatic carbocycles. The van der Waals surface area contributed by atoms with Gasteiger partial charge in [-0.05, 0) is 50.5 Å².